The van der Waals surface area contributed by atoms with E-state index in [2.05, 4.69) is 10.5 Å². The Morgan fingerprint density at radius 3 is 2.35 bits per heavy atom. The first-order chi connectivity index (χ1) is 17.7. The minimum absolute atomic E-state index is 0.0434. The number of hydrazone groups is 1. The Labute approximate surface area is 219 Å². The lowest BCUT2D eigenvalue weighted by atomic mass is 10.2. The monoisotopic (exact) mass is 538 g/mol. The molecule has 0 saturated carbocycles. The maximum absolute atomic E-state index is 14.3. The van der Waals surface area contributed by atoms with Crippen LogP contribution in [0, 0.1) is 19.7 Å². The molecule has 0 saturated heterocycles. The van der Waals surface area contributed by atoms with E-state index in [0.717, 1.165) is 15.7 Å². The van der Waals surface area contributed by atoms with Crippen molar-refractivity contribution in [2.75, 3.05) is 10.8 Å². The predicted molar refractivity (Wildman–Crippen MR) is 143 cm³/mol. The van der Waals surface area contributed by atoms with Crippen LogP contribution in [-0.2, 0) is 14.8 Å². The van der Waals surface area contributed by atoms with Crippen LogP contribution in [0.15, 0.2) is 94.9 Å². The first-order valence-corrected chi connectivity index (χ1v) is 13.1. The molecule has 0 fully saturated rings. The molecule has 37 heavy (non-hydrogen) atoms. The molecule has 0 aliphatic heterocycles. The third-order valence-corrected chi connectivity index (χ3v) is 7.73. The lowest BCUT2D eigenvalue weighted by Crippen LogP contribution is -2.39. The van der Waals surface area contributed by atoms with E-state index in [1.807, 2.05) is 19.9 Å². The largest absolute Gasteiger partial charge is 0.315 e. The fraction of sp³-hybridized carbons (Fsp3) is 0.111. The summed E-state index contributed by atoms with van der Waals surface area (Å²) in [6.07, 6.45) is 1.44. The van der Waals surface area contributed by atoms with Gasteiger partial charge in [-0.25, -0.2) is 18.2 Å². The van der Waals surface area contributed by atoms with Gasteiger partial charge in [-0.3, -0.25) is 9.10 Å². The summed E-state index contributed by atoms with van der Waals surface area (Å²) in [5, 5.41) is 4.45. The summed E-state index contributed by atoms with van der Waals surface area (Å²) in [5.41, 5.74) is 5.27. The number of anilines is 1. The topological polar surface area (TPSA) is 83.8 Å². The normalized spacial score (nSPS) is 11.6. The number of benzene rings is 3. The highest BCUT2D eigenvalue weighted by molar-refractivity contribution is 7.92. The van der Waals surface area contributed by atoms with Crippen molar-refractivity contribution in [1.82, 2.24) is 9.99 Å². The van der Waals surface area contributed by atoms with Gasteiger partial charge < -0.3 is 4.57 Å². The van der Waals surface area contributed by atoms with Crippen LogP contribution in [0.2, 0.25) is 5.02 Å². The van der Waals surface area contributed by atoms with Gasteiger partial charge in [0.05, 0.1) is 22.5 Å². The van der Waals surface area contributed by atoms with Crippen molar-refractivity contribution in [2.24, 2.45) is 5.10 Å². The zero-order valence-corrected chi connectivity index (χ0v) is 21.7. The van der Waals surface area contributed by atoms with Crippen molar-refractivity contribution < 1.29 is 17.6 Å². The molecule has 1 aromatic heterocycles. The maximum Gasteiger partial charge on any atom is 0.264 e. The fourth-order valence-electron chi connectivity index (χ4n) is 3.90. The van der Waals surface area contributed by atoms with Gasteiger partial charge in [-0.05, 0) is 68.4 Å². The number of aromatic nitrogens is 1. The number of carbonyl (C=O) groups is 1. The average Bonchev–Trinajstić information content (AvgIpc) is 3.16. The van der Waals surface area contributed by atoms with Gasteiger partial charge >= 0.3 is 0 Å². The molecule has 10 heteroatoms. The Balaban J connectivity index is 1.55. The summed E-state index contributed by atoms with van der Waals surface area (Å²) in [5.74, 6) is -1.00. The SMILES string of the molecule is Cc1cc(/C=N\NC(=O)CN(c2ccc(Cl)cc2)S(=O)(=O)c2ccccc2)c(C)n1-c1ccccc1F. The molecule has 0 aliphatic carbocycles. The van der Waals surface area contributed by atoms with Crippen LogP contribution >= 0.6 is 11.6 Å². The molecule has 0 radical (unpaired) electrons. The number of nitrogens with one attached hydrogen (secondary N) is 1. The summed E-state index contributed by atoms with van der Waals surface area (Å²) in [6, 6.07) is 22.2. The van der Waals surface area contributed by atoms with E-state index in [1.54, 1.807) is 53.1 Å². The van der Waals surface area contributed by atoms with E-state index in [-0.39, 0.29) is 16.4 Å². The third-order valence-electron chi connectivity index (χ3n) is 5.69. The minimum Gasteiger partial charge on any atom is -0.315 e. The van der Waals surface area contributed by atoms with Crippen LogP contribution in [-0.4, -0.2) is 31.7 Å². The fourth-order valence-corrected chi connectivity index (χ4v) is 5.47. The number of hydrogen-bond acceptors (Lipinski definition) is 4. The second-order valence-corrected chi connectivity index (χ2v) is 10.5. The van der Waals surface area contributed by atoms with Gasteiger partial charge in [0.2, 0.25) is 0 Å². The smallest absolute Gasteiger partial charge is 0.264 e. The number of hydrogen-bond donors (Lipinski definition) is 1. The number of nitrogens with zero attached hydrogens (tertiary/aromatic N) is 3. The quantitative estimate of drug-likeness (QED) is 0.246. The average molecular weight is 539 g/mol. The predicted octanol–water partition coefficient (Wildman–Crippen LogP) is 5.23. The van der Waals surface area contributed by atoms with Crippen molar-refractivity contribution in [3.63, 3.8) is 0 Å². The summed E-state index contributed by atoms with van der Waals surface area (Å²) >= 11 is 5.96. The van der Waals surface area contributed by atoms with Crippen molar-refractivity contribution in [3.8, 4) is 5.69 Å². The molecule has 1 heterocycles. The Morgan fingerprint density at radius 1 is 1.03 bits per heavy atom. The molecular formula is C27H24ClFN4O3S. The molecule has 4 rings (SSSR count). The van der Waals surface area contributed by atoms with Gasteiger partial charge in [0.25, 0.3) is 15.9 Å². The van der Waals surface area contributed by atoms with Crippen LogP contribution in [0.3, 0.4) is 0 Å². The van der Waals surface area contributed by atoms with Crippen LogP contribution in [0.1, 0.15) is 17.0 Å². The lowest BCUT2D eigenvalue weighted by molar-refractivity contribution is -0.119. The van der Waals surface area contributed by atoms with E-state index >= 15 is 0 Å². The minimum atomic E-state index is -4.04. The molecule has 0 bridgehead atoms. The molecule has 4 aromatic rings. The summed E-state index contributed by atoms with van der Waals surface area (Å²) in [7, 11) is -4.04. The zero-order valence-electron chi connectivity index (χ0n) is 20.1. The molecule has 7 nitrogen and oxygen atoms in total. The number of para-hydroxylation sites is 1. The number of halogens is 2. The van der Waals surface area contributed by atoms with Crippen molar-refractivity contribution in [1.29, 1.82) is 0 Å². The van der Waals surface area contributed by atoms with Crippen molar-refractivity contribution in [2.45, 2.75) is 18.7 Å². The van der Waals surface area contributed by atoms with E-state index in [9.17, 15) is 17.6 Å². The van der Waals surface area contributed by atoms with E-state index < -0.39 is 22.5 Å². The summed E-state index contributed by atoms with van der Waals surface area (Å²) in [6.45, 7) is 3.15. The van der Waals surface area contributed by atoms with Crippen LogP contribution < -0.4 is 9.73 Å². The Bertz CT molecular complexity index is 1550. The standard InChI is InChI=1S/C27H24ClFN4O3S/c1-19-16-21(20(2)33(19)26-11-7-6-10-25(26)29)17-30-31-27(34)18-32(23-14-12-22(28)13-15-23)37(35,36)24-8-4-3-5-9-24/h3-17H,18H2,1-2H3,(H,31,34)/b30-17-. The van der Waals surface area contributed by atoms with Gasteiger partial charge in [0.15, 0.2) is 0 Å². The van der Waals surface area contributed by atoms with Gasteiger partial charge in [-0.1, -0.05) is 41.9 Å². The molecule has 190 valence electrons. The van der Waals surface area contributed by atoms with Gasteiger partial charge in [0.1, 0.15) is 12.4 Å². The summed E-state index contributed by atoms with van der Waals surface area (Å²) in [4.78, 5) is 12.8. The highest BCUT2D eigenvalue weighted by Gasteiger charge is 2.27. The number of sulfonamides is 1. The highest BCUT2D eigenvalue weighted by Crippen LogP contribution is 2.25. The second-order valence-electron chi connectivity index (χ2n) is 8.21. The van der Waals surface area contributed by atoms with E-state index in [4.69, 9.17) is 11.6 Å². The second kappa shape index (κ2) is 11.0. The van der Waals surface area contributed by atoms with Crippen LogP contribution in [0.5, 0.6) is 0 Å². The molecule has 3 aromatic carbocycles. The van der Waals surface area contributed by atoms with Crippen molar-refractivity contribution in [3.05, 3.63) is 113 Å². The molecule has 0 spiro atoms. The Hall–Kier alpha value is -3.95. The zero-order chi connectivity index (χ0) is 26.6. The Kier molecular flexibility index (Phi) is 7.75. The van der Waals surface area contributed by atoms with Crippen molar-refractivity contribution >= 4 is 39.4 Å². The maximum atomic E-state index is 14.3. The first-order valence-electron chi connectivity index (χ1n) is 11.3. The molecule has 0 atom stereocenters. The molecule has 1 N–H and O–H groups in total. The summed E-state index contributed by atoms with van der Waals surface area (Å²) < 4.78 is 43.8. The molecular weight excluding hydrogens is 515 g/mol. The number of amides is 1. The van der Waals surface area contributed by atoms with Gasteiger partial charge in [-0.15, -0.1) is 0 Å². The van der Waals surface area contributed by atoms with Crippen LogP contribution in [0.25, 0.3) is 5.69 Å². The highest BCUT2D eigenvalue weighted by atomic mass is 35.5. The van der Waals surface area contributed by atoms with Crippen LogP contribution in [0.4, 0.5) is 10.1 Å². The molecule has 0 aliphatic rings. The number of aryl methyl sites for hydroxylation is 1. The molecule has 1 amide bonds. The Morgan fingerprint density at radius 2 is 1.68 bits per heavy atom. The lowest BCUT2D eigenvalue weighted by Gasteiger charge is -2.23. The first kappa shape index (κ1) is 26.1. The number of carbonyl (C=O) groups excluding carboxylic acids is 1. The van der Waals surface area contributed by atoms with Gasteiger partial charge in [0, 0.05) is 22.0 Å². The van der Waals surface area contributed by atoms with E-state index in [0.29, 0.717) is 16.3 Å². The van der Waals surface area contributed by atoms with Gasteiger partial charge in [-0.2, -0.15) is 5.10 Å². The third kappa shape index (κ3) is 5.73. The molecule has 0 unspecified atom stereocenters. The van der Waals surface area contributed by atoms with E-state index in [1.165, 1.54) is 36.5 Å². The number of rotatable bonds is 8.